The van der Waals surface area contributed by atoms with Gasteiger partial charge in [-0.1, -0.05) is 36.0 Å². The first kappa shape index (κ1) is 18.9. The van der Waals surface area contributed by atoms with Gasteiger partial charge in [-0.15, -0.1) is 10.2 Å². The van der Waals surface area contributed by atoms with Gasteiger partial charge in [0.2, 0.25) is 5.91 Å². The van der Waals surface area contributed by atoms with E-state index in [1.165, 1.54) is 23.9 Å². The monoisotopic (exact) mass is 386 g/mol. The largest absolute Gasteiger partial charge is 0.497 e. The summed E-state index contributed by atoms with van der Waals surface area (Å²) in [5.74, 6) is 1.10. The van der Waals surface area contributed by atoms with Crippen LogP contribution >= 0.6 is 11.8 Å². The highest BCUT2D eigenvalue weighted by molar-refractivity contribution is 7.99. The third-order valence-electron chi connectivity index (χ3n) is 3.90. The molecule has 1 amide bonds. The topological polar surface area (TPSA) is 69.0 Å². The van der Waals surface area contributed by atoms with E-state index in [9.17, 15) is 9.18 Å². The van der Waals surface area contributed by atoms with Crippen LogP contribution in [0.2, 0.25) is 0 Å². The maximum absolute atomic E-state index is 13.4. The first-order valence-corrected chi connectivity index (χ1v) is 9.23. The van der Waals surface area contributed by atoms with Crippen LogP contribution in [-0.2, 0) is 18.4 Å². The van der Waals surface area contributed by atoms with Gasteiger partial charge in [0.1, 0.15) is 11.6 Å². The van der Waals surface area contributed by atoms with E-state index in [0.29, 0.717) is 23.1 Å². The number of rotatable bonds is 7. The van der Waals surface area contributed by atoms with Crippen LogP contribution in [0.3, 0.4) is 0 Å². The van der Waals surface area contributed by atoms with Crippen molar-refractivity contribution < 1.29 is 13.9 Å². The van der Waals surface area contributed by atoms with Crippen molar-refractivity contribution in [2.24, 2.45) is 7.05 Å². The standard InChI is InChI=1S/C19H19FN4O2S/c1-24-18(14-4-3-5-15(20)10-14)22-23-19(24)27-12-17(25)21-11-13-6-8-16(26-2)9-7-13/h3-10H,11-12H2,1-2H3,(H,21,25). The second-order valence-corrected chi connectivity index (χ2v) is 6.73. The van der Waals surface area contributed by atoms with Crippen LogP contribution in [0, 0.1) is 5.82 Å². The number of aromatic nitrogens is 3. The summed E-state index contributed by atoms with van der Waals surface area (Å²) in [7, 11) is 3.40. The molecule has 3 rings (SSSR count). The van der Waals surface area contributed by atoms with Gasteiger partial charge >= 0.3 is 0 Å². The zero-order valence-corrected chi connectivity index (χ0v) is 15.8. The van der Waals surface area contributed by atoms with Crippen LogP contribution in [0.4, 0.5) is 4.39 Å². The predicted octanol–water partition coefficient (Wildman–Crippen LogP) is 3.04. The molecule has 0 unspecified atom stereocenters. The van der Waals surface area contributed by atoms with Gasteiger partial charge < -0.3 is 14.6 Å². The summed E-state index contributed by atoms with van der Waals surface area (Å²) in [6.45, 7) is 0.441. The first-order chi connectivity index (χ1) is 13.1. The Morgan fingerprint density at radius 2 is 2.00 bits per heavy atom. The van der Waals surface area contributed by atoms with Crippen LogP contribution < -0.4 is 10.1 Å². The number of nitrogens with one attached hydrogen (secondary N) is 1. The van der Waals surface area contributed by atoms with E-state index in [2.05, 4.69) is 15.5 Å². The molecule has 1 aromatic heterocycles. The number of benzene rings is 2. The van der Waals surface area contributed by atoms with Crippen molar-refractivity contribution in [2.45, 2.75) is 11.7 Å². The molecule has 0 aliphatic carbocycles. The number of thioether (sulfide) groups is 1. The molecular weight excluding hydrogens is 367 g/mol. The summed E-state index contributed by atoms with van der Waals surface area (Å²) in [6, 6.07) is 13.7. The van der Waals surface area contributed by atoms with Crippen LogP contribution in [0.5, 0.6) is 5.75 Å². The zero-order chi connectivity index (χ0) is 19.2. The third kappa shape index (κ3) is 4.85. The number of amides is 1. The molecule has 1 N–H and O–H groups in total. The summed E-state index contributed by atoms with van der Waals surface area (Å²) in [4.78, 5) is 12.1. The van der Waals surface area contributed by atoms with Gasteiger partial charge in [0, 0.05) is 19.2 Å². The molecule has 0 aliphatic heterocycles. The van der Waals surface area contributed by atoms with Crippen LogP contribution in [-0.4, -0.2) is 33.5 Å². The molecule has 0 radical (unpaired) electrons. The smallest absolute Gasteiger partial charge is 0.230 e. The highest BCUT2D eigenvalue weighted by Crippen LogP contribution is 2.23. The second kappa shape index (κ2) is 8.68. The Bertz CT molecular complexity index is 928. The number of hydrogen-bond acceptors (Lipinski definition) is 5. The van der Waals surface area contributed by atoms with Crippen molar-refractivity contribution in [3.05, 3.63) is 59.9 Å². The molecular formula is C19H19FN4O2S. The molecule has 2 aromatic carbocycles. The molecule has 0 spiro atoms. The van der Waals surface area contributed by atoms with Crippen molar-refractivity contribution in [1.29, 1.82) is 0 Å². The molecule has 140 valence electrons. The molecule has 0 bridgehead atoms. The van der Waals surface area contributed by atoms with Crippen molar-refractivity contribution in [3.63, 3.8) is 0 Å². The molecule has 0 saturated carbocycles. The molecule has 0 fully saturated rings. The Labute approximate surface area is 160 Å². The van der Waals surface area contributed by atoms with Crippen LogP contribution in [0.15, 0.2) is 53.7 Å². The quantitative estimate of drug-likeness (QED) is 0.632. The van der Waals surface area contributed by atoms with Gasteiger partial charge in [-0.05, 0) is 29.8 Å². The predicted molar refractivity (Wildman–Crippen MR) is 102 cm³/mol. The number of carbonyl (C=O) groups excluding carboxylic acids is 1. The fourth-order valence-electron chi connectivity index (χ4n) is 2.44. The number of hydrogen-bond donors (Lipinski definition) is 1. The van der Waals surface area contributed by atoms with Gasteiger partial charge in [0.25, 0.3) is 0 Å². The van der Waals surface area contributed by atoms with Crippen LogP contribution in [0.25, 0.3) is 11.4 Å². The van der Waals surface area contributed by atoms with Gasteiger partial charge in [0.05, 0.1) is 12.9 Å². The van der Waals surface area contributed by atoms with E-state index in [1.807, 2.05) is 24.3 Å². The number of halogens is 1. The minimum atomic E-state index is -0.331. The maximum Gasteiger partial charge on any atom is 0.230 e. The van der Waals surface area contributed by atoms with Gasteiger partial charge in [-0.25, -0.2) is 4.39 Å². The van der Waals surface area contributed by atoms with Crippen molar-refractivity contribution in [3.8, 4) is 17.1 Å². The summed E-state index contributed by atoms with van der Waals surface area (Å²) in [5, 5.41) is 11.6. The normalized spacial score (nSPS) is 10.6. The first-order valence-electron chi connectivity index (χ1n) is 8.24. The van der Waals surface area contributed by atoms with Crippen LogP contribution in [0.1, 0.15) is 5.56 Å². The SMILES string of the molecule is COc1ccc(CNC(=O)CSc2nnc(-c3cccc(F)c3)n2C)cc1. The van der Waals surface area contributed by atoms with E-state index in [0.717, 1.165) is 11.3 Å². The minimum Gasteiger partial charge on any atom is -0.497 e. The van der Waals surface area contributed by atoms with Gasteiger partial charge in [-0.2, -0.15) is 0 Å². The molecule has 0 saturated heterocycles. The van der Waals surface area contributed by atoms with Crippen molar-refractivity contribution in [2.75, 3.05) is 12.9 Å². The van der Waals surface area contributed by atoms with Crippen molar-refractivity contribution in [1.82, 2.24) is 20.1 Å². The minimum absolute atomic E-state index is 0.105. The fourth-order valence-corrected chi connectivity index (χ4v) is 3.19. The molecule has 1 heterocycles. The number of carbonyl (C=O) groups is 1. The Morgan fingerprint density at radius 3 is 2.70 bits per heavy atom. The molecule has 6 nitrogen and oxygen atoms in total. The number of nitrogens with zero attached hydrogens (tertiary/aromatic N) is 3. The second-order valence-electron chi connectivity index (χ2n) is 5.79. The lowest BCUT2D eigenvalue weighted by atomic mass is 10.2. The summed E-state index contributed by atoms with van der Waals surface area (Å²) in [5.41, 5.74) is 1.63. The maximum atomic E-state index is 13.4. The van der Waals surface area contributed by atoms with E-state index >= 15 is 0 Å². The molecule has 8 heteroatoms. The van der Waals surface area contributed by atoms with E-state index in [4.69, 9.17) is 4.74 Å². The third-order valence-corrected chi connectivity index (χ3v) is 4.92. The molecule has 3 aromatic rings. The Morgan fingerprint density at radius 1 is 1.22 bits per heavy atom. The zero-order valence-electron chi connectivity index (χ0n) is 15.0. The molecule has 0 aliphatic rings. The average molecular weight is 386 g/mol. The Kier molecular flexibility index (Phi) is 6.08. The summed E-state index contributed by atoms with van der Waals surface area (Å²) < 4.78 is 20.2. The highest BCUT2D eigenvalue weighted by Gasteiger charge is 2.13. The average Bonchev–Trinajstić information content (AvgIpc) is 3.05. The summed E-state index contributed by atoms with van der Waals surface area (Å²) in [6.07, 6.45) is 0. The molecule has 27 heavy (non-hydrogen) atoms. The Balaban J connectivity index is 1.54. The Hall–Kier alpha value is -2.87. The van der Waals surface area contributed by atoms with E-state index < -0.39 is 0 Å². The number of methoxy groups -OCH3 is 1. The highest BCUT2D eigenvalue weighted by atomic mass is 32.2. The lowest BCUT2D eigenvalue weighted by molar-refractivity contribution is -0.118. The lowest BCUT2D eigenvalue weighted by Crippen LogP contribution is -2.24. The van der Waals surface area contributed by atoms with E-state index in [1.54, 1.807) is 30.9 Å². The summed E-state index contributed by atoms with van der Waals surface area (Å²) >= 11 is 1.28. The van der Waals surface area contributed by atoms with Crippen molar-refractivity contribution >= 4 is 17.7 Å². The van der Waals surface area contributed by atoms with Gasteiger partial charge in [0.15, 0.2) is 11.0 Å². The fraction of sp³-hybridized carbons (Fsp3) is 0.211. The number of ether oxygens (including phenoxy) is 1. The van der Waals surface area contributed by atoms with Gasteiger partial charge in [-0.3, -0.25) is 4.79 Å². The lowest BCUT2D eigenvalue weighted by Gasteiger charge is -2.07. The van der Waals surface area contributed by atoms with E-state index in [-0.39, 0.29) is 17.5 Å². The molecule has 0 atom stereocenters.